The zero-order valence-corrected chi connectivity index (χ0v) is 20.4. The second-order valence-electron chi connectivity index (χ2n) is 8.69. The molecule has 0 saturated heterocycles. The van der Waals surface area contributed by atoms with Gasteiger partial charge < -0.3 is 20.0 Å². The number of halogens is 3. The Morgan fingerprint density at radius 3 is 2.53 bits per heavy atom. The van der Waals surface area contributed by atoms with Crippen LogP contribution in [0.5, 0.6) is 11.5 Å². The predicted octanol–water partition coefficient (Wildman–Crippen LogP) is 1.75. The van der Waals surface area contributed by atoms with Gasteiger partial charge in [0.1, 0.15) is 29.1 Å². The van der Waals surface area contributed by atoms with Crippen molar-refractivity contribution in [3.05, 3.63) is 71.1 Å². The molecule has 2 N–H and O–H groups in total. The number of nitriles is 1. The van der Waals surface area contributed by atoms with Gasteiger partial charge in [0.2, 0.25) is 5.91 Å². The summed E-state index contributed by atoms with van der Waals surface area (Å²) < 4.78 is 37.6. The maximum atomic E-state index is 12.9. The molecule has 38 heavy (non-hydrogen) atoms. The molecule has 0 aromatic heterocycles. The highest BCUT2D eigenvalue weighted by atomic mass is 19.4. The number of carboxylic acid groups (broad SMARTS) is 1. The van der Waals surface area contributed by atoms with E-state index in [1.807, 2.05) is 20.0 Å². The molecule has 2 aromatic carbocycles. The summed E-state index contributed by atoms with van der Waals surface area (Å²) in [7, 11) is 1.94. The Morgan fingerprint density at radius 2 is 1.92 bits per heavy atom. The number of fused-ring (bicyclic) bond motifs is 4. The molecule has 2 heterocycles. The minimum atomic E-state index is -5.19. The Labute approximate surface area is 215 Å². The molecule has 2 aromatic rings. The summed E-state index contributed by atoms with van der Waals surface area (Å²) >= 11 is 0. The van der Waals surface area contributed by atoms with Crippen molar-refractivity contribution in [1.82, 2.24) is 5.32 Å². The molecule has 4 bridgehead atoms. The van der Waals surface area contributed by atoms with Gasteiger partial charge in [0, 0.05) is 18.4 Å². The number of hydrogen-bond acceptors (Lipinski definition) is 7. The van der Waals surface area contributed by atoms with Crippen LogP contribution in [-0.2, 0) is 15.1 Å². The van der Waals surface area contributed by atoms with E-state index in [9.17, 15) is 28.0 Å². The van der Waals surface area contributed by atoms with Crippen LogP contribution < -0.4 is 20.1 Å². The Bertz CT molecular complexity index is 1360. The van der Waals surface area contributed by atoms with Crippen LogP contribution in [0.25, 0.3) is 0 Å². The molecular weight excluding hydrogens is 505 g/mol. The van der Waals surface area contributed by atoms with E-state index in [1.54, 1.807) is 48.9 Å². The minimum absolute atomic E-state index is 0.0524. The van der Waals surface area contributed by atoms with Gasteiger partial charge in [0.05, 0.1) is 18.8 Å². The van der Waals surface area contributed by atoms with Gasteiger partial charge in [0.15, 0.2) is 17.8 Å². The monoisotopic (exact) mass is 528 g/mol. The number of nitrogens with zero attached hydrogens (tertiary/aromatic N) is 2. The maximum absolute atomic E-state index is 12.9. The molecule has 198 valence electrons. The summed E-state index contributed by atoms with van der Waals surface area (Å²) in [5.41, 5.74) is 1.64. The first-order valence-corrected chi connectivity index (χ1v) is 11.4. The number of rotatable bonds is 1. The normalized spacial score (nSPS) is 21.1. The molecule has 12 heteroatoms. The minimum Gasteiger partial charge on any atom is -0.542 e. The Morgan fingerprint density at radius 1 is 1.21 bits per heavy atom. The first kappa shape index (κ1) is 28.1. The number of alkyl halides is 3. The summed E-state index contributed by atoms with van der Waals surface area (Å²) in [6.07, 6.45) is -0.760. The SMILES string of the molecule is C[NH+]1C=NC=C1C1(C)NC(=O)CCCC(=O)c2cccc(c2)Oc2cc1ccc2C#N.O=C([O-])C(F)(F)F. The molecule has 0 spiro atoms. The van der Waals surface area contributed by atoms with Crippen LogP contribution in [0.1, 0.15) is 47.7 Å². The first-order valence-electron chi connectivity index (χ1n) is 11.4. The molecule has 0 radical (unpaired) electrons. The highest BCUT2D eigenvalue weighted by Gasteiger charge is 2.40. The maximum Gasteiger partial charge on any atom is 0.430 e. The van der Waals surface area contributed by atoms with Gasteiger partial charge in [-0.1, -0.05) is 18.2 Å². The van der Waals surface area contributed by atoms with Gasteiger partial charge in [-0.2, -0.15) is 18.4 Å². The number of ketones is 1. The largest absolute Gasteiger partial charge is 0.542 e. The number of likely N-dealkylation sites (N-methyl/N-ethyl adjacent to an activating group) is 1. The number of nitrogens with one attached hydrogen (secondary N) is 2. The smallest absolute Gasteiger partial charge is 0.430 e. The Balaban J connectivity index is 0.000000505. The van der Waals surface area contributed by atoms with Crippen molar-refractivity contribution in [3.63, 3.8) is 0 Å². The number of amides is 1. The molecule has 2 atom stereocenters. The quantitative estimate of drug-likeness (QED) is 0.579. The predicted molar refractivity (Wildman–Crippen MR) is 126 cm³/mol. The van der Waals surface area contributed by atoms with Gasteiger partial charge in [-0.3, -0.25) is 14.5 Å². The van der Waals surface area contributed by atoms with Crippen molar-refractivity contribution < 1.29 is 42.3 Å². The van der Waals surface area contributed by atoms with Gasteiger partial charge in [-0.05, 0) is 43.2 Å². The summed E-state index contributed by atoms with van der Waals surface area (Å²) in [5, 5.41) is 21.5. The zero-order valence-electron chi connectivity index (χ0n) is 20.4. The van der Waals surface area contributed by atoms with Crippen molar-refractivity contribution in [2.45, 2.75) is 37.9 Å². The average molecular weight is 528 g/mol. The van der Waals surface area contributed by atoms with Gasteiger partial charge >= 0.3 is 6.18 Å². The van der Waals surface area contributed by atoms with Gasteiger partial charge in [0.25, 0.3) is 0 Å². The fourth-order valence-corrected chi connectivity index (χ4v) is 3.98. The lowest BCUT2D eigenvalue weighted by atomic mass is 9.87. The van der Waals surface area contributed by atoms with Crippen LogP contribution in [0.3, 0.4) is 0 Å². The van der Waals surface area contributed by atoms with Crippen molar-refractivity contribution in [1.29, 1.82) is 5.26 Å². The van der Waals surface area contributed by atoms with Crippen LogP contribution in [0.4, 0.5) is 13.2 Å². The van der Waals surface area contributed by atoms with Crippen molar-refractivity contribution in [2.75, 3.05) is 7.05 Å². The molecule has 2 aliphatic rings. The third kappa shape index (κ3) is 6.43. The van der Waals surface area contributed by atoms with Crippen LogP contribution in [0, 0.1) is 11.3 Å². The van der Waals surface area contributed by atoms with Gasteiger partial charge in [-0.25, -0.2) is 4.99 Å². The fourth-order valence-electron chi connectivity index (χ4n) is 3.98. The zero-order chi connectivity index (χ0) is 28.1. The molecule has 0 saturated carbocycles. The molecule has 1 amide bonds. The highest BCUT2D eigenvalue weighted by molar-refractivity contribution is 5.96. The number of hydrogen-bond donors (Lipinski definition) is 2. The number of benzene rings is 2. The van der Waals surface area contributed by atoms with E-state index in [1.165, 1.54) is 0 Å². The van der Waals surface area contributed by atoms with Crippen LogP contribution in [0.2, 0.25) is 0 Å². The molecule has 0 aliphatic carbocycles. The van der Waals surface area contributed by atoms with Crippen LogP contribution in [0.15, 0.2) is 59.4 Å². The molecule has 9 nitrogen and oxygen atoms in total. The molecule has 2 aliphatic heterocycles. The first-order chi connectivity index (χ1) is 17.8. The lowest BCUT2D eigenvalue weighted by Gasteiger charge is -2.32. The lowest BCUT2D eigenvalue weighted by Crippen LogP contribution is -3.07. The number of carbonyl (C=O) groups excluding carboxylic acids is 3. The molecule has 2 unspecified atom stereocenters. The van der Waals surface area contributed by atoms with Crippen molar-refractivity contribution in [3.8, 4) is 17.6 Å². The van der Waals surface area contributed by atoms with E-state index in [-0.39, 0.29) is 24.5 Å². The summed E-state index contributed by atoms with van der Waals surface area (Å²) in [4.78, 5) is 39.4. The third-order valence-electron chi connectivity index (χ3n) is 5.93. The number of Topliss-reactive ketones (excluding diaryl/α,β-unsaturated/α-hetero) is 1. The van der Waals surface area contributed by atoms with E-state index < -0.39 is 17.7 Å². The van der Waals surface area contributed by atoms with E-state index in [4.69, 9.17) is 14.6 Å². The van der Waals surface area contributed by atoms with E-state index in [0.717, 1.165) is 16.2 Å². The second-order valence-corrected chi connectivity index (χ2v) is 8.69. The topological polar surface area (TPSA) is 136 Å². The van der Waals surface area contributed by atoms with Crippen LogP contribution >= 0.6 is 0 Å². The number of aliphatic carboxylic acids is 1. The molecule has 4 rings (SSSR count). The van der Waals surface area contributed by atoms with Crippen molar-refractivity contribution >= 4 is 24.0 Å². The average Bonchev–Trinajstić information content (AvgIpc) is 3.30. The van der Waals surface area contributed by atoms with Crippen molar-refractivity contribution in [2.24, 2.45) is 4.99 Å². The highest BCUT2D eigenvalue weighted by Crippen LogP contribution is 2.34. The lowest BCUT2D eigenvalue weighted by molar-refractivity contribution is -0.733. The Kier molecular flexibility index (Phi) is 8.32. The second kappa shape index (κ2) is 11.3. The Hall–Kier alpha value is -4.50. The van der Waals surface area contributed by atoms with Gasteiger partial charge in [-0.15, -0.1) is 0 Å². The number of carbonyl (C=O) groups is 3. The van der Waals surface area contributed by atoms with E-state index >= 15 is 0 Å². The number of carboxylic acids is 1. The summed E-state index contributed by atoms with van der Waals surface area (Å²) in [6, 6.07) is 14.3. The summed E-state index contributed by atoms with van der Waals surface area (Å²) in [5.74, 6) is -2.38. The van der Waals surface area contributed by atoms with E-state index in [0.29, 0.717) is 29.0 Å². The standard InChI is InChI=1S/C24H22N4O3.C2HF3O2/c1-24(22-14-26-15-28(22)2)18-10-9-17(13-25)21(12-18)31-19-6-3-5-16(11-19)20(29)7-4-8-23(30)27-24;3-2(4,5)1(6)7/h3,5-6,9-12,14-15H,4,7-8H2,1-2H3,(H,27,30);(H,6,7). The van der Waals surface area contributed by atoms with E-state index in [2.05, 4.69) is 16.4 Å². The number of aliphatic imine (C=N–C) groups is 1. The number of quaternary nitrogens is 1. The summed E-state index contributed by atoms with van der Waals surface area (Å²) in [6.45, 7) is 1.91. The van der Waals surface area contributed by atoms with Crippen LogP contribution in [-0.4, -0.2) is 37.2 Å². The third-order valence-corrected chi connectivity index (χ3v) is 5.93. The molecule has 0 fully saturated rings. The molecular formula is C26H23F3N4O5. The number of ether oxygens (including phenoxy) is 1. The fraction of sp³-hybridized carbons (Fsp3) is 0.269.